The predicted octanol–water partition coefficient (Wildman–Crippen LogP) is 1.82. The zero-order chi connectivity index (χ0) is 14.0. The molecule has 3 N–H and O–H groups in total. The van der Waals surface area contributed by atoms with Crippen LogP contribution in [0.2, 0.25) is 5.02 Å². The van der Waals surface area contributed by atoms with Crippen LogP contribution in [-0.4, -0.2) is 25.2 Å². The van der Waals surface area contributed by atoms with Gasteiger partial charge in [0.1, 0.15) is 6.04 Å². The third-order valence-electron chi connectivity index (χ3n) is 2.68. The van der Waals surface area contributed by atoms with Gasteiger partial charge in [-0.15, -0.1) is 0 Å². The Bertz CT molecular complexity index is 487. The number of benzene rings is 1. The van der Waals surface area contributed by atoms with Gasteiger partial charge in [-0.05, 0) is 18.2 Å². The molecule has 19 heavy (non-hydrogen) atoms. The normalized spacial score (nSPS) is 19.5. The number of amides is 1. The first-order chi connectivity index (χ1) is 8.88. The maximum Gasteiger partial charge on any atom is 0.417 e. The molecule has 4 nitrogen and oxygen atoms in total. The van der Waals surface area contributed by atoms with E-state index in [1.54, 1.807) is 0 Å². The summed E-state index contributed by atoms with van der Waals surface area (Å²) in [7, 11) is 0. The zero-order valence-corrected chi connectivity index (χ0v) is 10.4. The van der Waals surface area contributed by atoms with Crippen LogP contribution in [0.15, 0.2) is 18.2 Å². The highest BCUT2D eigenvalue weighted by Crippen LogP contribution is 2.36. The Kier molecular flexibility index (Phi) is 3.98. The van der Waals surface area contributed by atoms with Gasteiger partial charge in [-0.2, -0.15) is 13.2 Å². The van der Waals surface area contributed by atoms with Gasteiger partial charge in [0.2, 0.25) is 5.91 Å². The van der Waals surface area contributed by atoms with Crippen molar-refractivity contribution in [3.05, 3.63) is 28.8 Å². The van der Waals surface area contributed by atoms with Crippen LogP contribution in [0.1, 0.15) is 5.56 Å². The van der Waals surface area contributed by atoms with Crippen molar-refractivity contribution < 1.29 is 18.0 Å². The van der Waals surface area contributed by atoms with Crippen LogP contribution in [0.5, 0.6) is 0 Å². The Labute approximate surface area is 112 Å². The molecule has 1 aliphatic rings. The highest BCUT2D eigenvalue weighted by atomic mass is 35.5. The van der Waals surface area contributed by atoms with E-state index < -0.39 is 22.8 Å². The van der Waals surface area contributed by atoms with Gasteiger partial charge in [0.25, 0.3) is 0 Å². The van der Waals surface area contributed by atoms with Gasteiger partial charge < -0.3 is 10.6 Å². The first kappa shape index (κ1) is 14.1. The van der Waals surface area contributed by atoms with Crippen molar-refractivity contribution in [3.63, 3.8) is 0 Å². The van der Waals surface area contributed by atoms with Crippen LogP contribution >= 0.6 is 11.6 Å². The minimum Gasteiger partial charge on any atom is -0.325 e. The molecule has 2 rings (SSSR count). The van der Waals surface area contributed by atoms with Crippen LogP contribution in [0.4, 0.5) is 18.9 Å². The zero-order valence-electron chi connectivity index (χ0n) is 9.64. The fourth-order valence-electron chi connectivity index (χ4n) is 1.72. The van der Waals surface area contributed by atoms with E-state index in [1.807, 2.05) is 0 Å². The molecule has 1 saturated heterocycles. The second-order valence-corrected chi connectivity index (χ2v) is 4.48. The molecule has 1 amide bonds. The van der Waals surface area contributed by atoms with Crippen LogP contribution in [0.3, 0.4) is 0 Å². The molecule has 0 aromatic heterocycles. The lowest BCUT2D eigenvalue weighted by atomic mass is 10.2. The smallest absolute Gasteiger partial charge is 0.325 e. The van der Waals surface area contributed by atoms with Gasteiger partial charge in [0.15, 0.2) is 0 Å². The number of nitrogens with one attached hydrogen (secondary N) is 3. The molecule has 8 heteroatoms. The van der Waals surface area contributed by atoms with Crippen LogP contribution in [-0.2, 0) is 11.0 Å². The van der Waals surface area contributed by atoms with E-state index >= 15 is 0 Å². The first-order valence-corrected chi connectivity index (χ1v) is 5.87. The molecular formula is C11H11ClF3N3O. The van der Waals surface area contributed by atoms with Crippen molar-refractivity contribution in [1.29, 1.82) is 0 Å². The molecule has 1 aromatic carbocycles. The monoisotopic (exact) mass is 293 g/mol. The Balaban J connectivity index is 2.15. The standard InChI is InChI=1S/C11H11ClF3N3O/c12-8-2-1-6(3-7(8)11(13,14)15)18-10(19)9-4-16-5-17-9/h1-3,9,16-17H,4-5H2,(H,18,19). The van der Waals surface area contributed by atoms with Gasteiger partial charge in [0.05, 0.1) is 10.6 Å². The molecule has 0 spiro atoms. The van der Waals surface area contributed by atoms with Crippen molar-refractivity contribution >= 4 is 23.2 Å². The second-order valence-electron chi connectivity index (χ2n) is 4.07. The van der Waals surface area contributed by atoms with Gasteiger partial charge in [-0.3, -0.25) is 10.1 Å². The molecule has 1 aromatic rings. The summed E-state index contributed by atoms with van der Waals surface area (Å²) < 4.78 is 37.9. The van der Waals surface area contributed by atoms with Crippen molar-refractivity contribution in [1.82, 2.24) is 10.6 Å². The third kappa shape index (κ3) is 3.37. The van der Waals surface area contributed by atoms with Gasteiger partial charge in [-0.25, -0.2) is 0 Å². The fourth-order valence-corrected chi connectivity index (χ4v) is 1.94. The van der Waals surface area contributed by atoms with Crippen LogP contribution in [0, 0.1) is 0 Å². The molecule has 0 aliphatic carbocycles. The number of hydrogen-bond acceptors (Lipinski definition) is 3. The molecule has 104 valence electrons. The Morgan fingerprint density at radius 1 is 1.42 bits per heavy atom. The summed E-state index contributed by atoms with van der Waals surface area (Å²) in [5, 5.41) is 7.80. The summed E-state index contributed by atoms with van der Waals surface area (Å²) in [6.07, 6.45) is -4.55. The molecule has 1 fully saturated rings. The van der Waals surface area contributed by atoms with E-state index in [1.165, 1.54) is 6.07 Å². The molecule has 1 aliphatic heterocycles. The average molecular weight is 294 g/mol. The molecule has 0 saturated carbocycles. The van der Waals surface area contributed by atoms with Crippen molar-refractivity contribution in [2.24, 2.45) is 0 Å². The fraction of sp³-hybridized carbons (Fsp3) is 0.364. The minimum atomic E-state index is -4.55. The summed E-state index contributed by atoms with van der Waals surface area (Å²) in [6, 6.07) is 2.81. The number of carbonyl (C=O) groups is 1. The largest absolute Gasteiger partial charge is 0.417 e. The molecule has 1 atom stereocenters. The maximum absolute atomic E-state index is 12.6. The maximum atomic E-state index is 12.6. The van der Waals surface area contributed by atoms with E-state index in [9.17, 15) is 18.0 Å². The molecule has 1 unspecified atom stereocenters. The molecule has 0 bridgehead atoms. The predicted molar refractivity (Wildman–Crippen MR) is 64.9 cm³/mol. The number of hydrogen-bond donors (Lipinski definition) is 3. The number of alkyl halides is 3. The van der Waals surface area contributed by atoms with Crippen molar-refractivity contribution in [3.8, 4) is 0 Å². The second kappa shape index (κ2) is 5.36. The molecular weight excluding hydrogens is 283 g/mol. The van der Waals surface area contributed by atoms with E-state index in [0.29, 0.717) is 13.2 Å². The van der Waals surface area contributed by atoms with Crippen LogP contribution < -0.4 is 16.0 Å². The quantitative estimate of drug-likeness (QED) is 0.779. The van der Waals surface area contributed by atoms with Crippen molar-refractivity contribution in [2.45, 2.75) is 12.2 Å². The number of anilines is 1. The Hall–Kier alpha value is -1.31. The summed E-state index contributed by atoms with van der Waals surface area (Å²) in [4.78, 5) is 11.7. The summed E-state index contributed by atoms with van der Waals surface area (Å²) in [5.41, 5.74) is -0.903. The molecule has 1 heterocycles. The lowest BCUT2D eigenvalue weighted by Gasteiger charge is -2.13. The van der Waals surface area contributed by atoms with E-state index in [4.69, 9.17) is 11.6 Å². The van der Waals surface area contributed by atoms with Crippen molar-refractivity contribution in [2.75, 3.05) is 18.5 Å². The minimum absolute atomic E-state index is 0.0652. The lowest BCUT2D eigenvalue weighted by molar-refractivity contribution is -0.137. The van der Waals surface area contributed by atoms with E-state index in [-0.39, 0.29) is 11.6 Å². The summed E-state index contributed by atoms with van der Waals surface area (Å²) in [5.74, 6) is -0.388. The number of halogens is 4. The SMILES string of the molecule is O=C(Nc1ccc(Cl)c(C(F)(F)F)c1)C1CNCN1. The summed E-state index contributed by atoms with van der Waals surface area (Å²) in [6.45, 7) is 0.929. The van der Waals surface area contributed by atoms with Gasteiger partial charge in [-0.1, -0.05) is 11.6 Å². The third-order valence-corrected chi connectivity index (χ3v) is 3.01. The Morgan fingerprint density at radius 2 is 2.16 bits per heavy atom. The topological polar surface area (TPSA) is 53.2 Å². The molecule has 0 radical (unpaired) electrons. The van der Waals surface area contributed by atoms with E-state index in [0.717, 1.165) is 12.1 Å². The summed E-state index contributed by atoms with van der Waals surface area (Å²) >= 11 is 5.49. The highest BCUT2D eigenvalue weighted by molar-refractivity contribution is 6.31. The number of carbonyl (C=O) groups excluding carboxylic acids is 1. The van der Waals surface area contributed by atoms with Gasteiger partial charge in [0, 0.05) is 18.9 Å². The highest BCUT2D eigenvalue weighted by Gasteiger charge is 2.33. The Morgan fingerprint density at radius 3 is 2.74 bits per heavy atom. The van der Waals surface area contributed by atoms with E-state index in [2.05, 4.69) is 16.0 Å². The van der Waals surface area contributed by atoms with Crippen LogP contribution in [0.25, 0.3) is 0 Å². The van der Waals surface area contributed by atoms with Gasteiger partial charge >= 0.3 is 6.18 Å². The lowest BCUT2D eigenvalue weighted by Crippen LogP contribution is -2.37. The average Bonchev–Trinajstić information content (AvgIpc) is 2.83. The number of rotatable bonds is 2. The first-order valence-electron chi connectivity index (χ1n) is 5.49.